The van der Waals surface area contributed by atoms with E-state index in [0.717, 1.165) is 18.4 Å². The van der Waals surface area contributed by atoms with E-state index in [1.54, 1.807) is 0 Å². The van der Waals surface area contributed by atoms with Gasteiger partial charge in [-0.25, -0.2) is 0 Å². The van der Waals surface area contributed by atoms with Crippen LogP contribution in [0.15, 0.2) is 4.52 Å². The molecule has 0 unspecified atom stereocenters. The van der Waals surface area contributed by atoms with E-state index in [1.165, 1.54) is 12.8 Å². The molecule has 4 heteroatoms. The third-order valence-corrected chi connectivity index (χ3v) is 2.13. The molecule has 1 aromatic rings. The Labute approximate surface area is 71.6 Å². The number of aromatic nitrogens is 2. The lowest BCUT2D eigenvalue weighted by Gasteiger charge is -2.11. The van der Waals surface area contributed by atoms with Gasteiger partial charge in [0.2, 0.25) is 5.89 Å². The van der Waals surface area contributed by atoms with Crippen LogP contribution in [0.25, 0.3) is 0 Å². The van der Waals surface area contributed by atoms with E-state index in [-0.39, 0.29) is 0 Å². The molecule has 12 heavy (non-hydrogen) atoms. The Morgan fingerprint density at radius 3 is 2.83 bits per heavy atom. The van der Waals surface area contributed by atoms with Gasteiger partial charge in [-0.15, -0.1) is 0 Å². The zero-order valence-electron chi connectivity index (χ0n) is 7.45. The highest BCUT2D eigenvalue weighted by atomic mass is 16.5. The van der Waals surface area contributed by atoms with Crippen LogP contribution in [-0.2, 0) is 6.54 Å². The van der Waals surface area contributed by atoms with Crippen molar-refractivity contribution < 1.29 is 4.52 Å². The van der Waals surface area contributed by atoms with Crippen LogP contribution in [0.1, 0.15) is 24.6 Å². The average Bonchev–Trinajstić information content (AvgIpc) is 2.78. The van der Waals surface area contributed by atoms with Crippen molar-refractivity contribution in [2.24, 2.45) is 0 Å². The molecule has 1 aromatic heterocycles. The summed E-state index contributed by atoms with van der Waals surface area (Å²) < 4.78 is 4.88. The Morgan fingerprint density at radius 1 is 1.58 bits per heavy atom. The summed E-state index contributed by atoms with van der Waals surface area (Å²) in [6.07, 6.45) is 2.63. The van der Waals surface area contributed by atoms with Crippen LogP contribution in [0.3, 0.4) is 0 Å². The van der Waals surface area contributed by atoms with Crippen LogP contribution in [0, 0.1) is 6.92 Å². The first kappa shape index (κ1) is 7.73. The van der Waals surface area contributed by atoms with Crippen molar-refractivity contribution in [3.63, 3.8) is 0 Å². The first-order chi connectivity index (χ1) is 5.75. The molecular formula is C8H13N3O. The van der Waals surface area contributed by atoms with Gasteiger partial charge in [-0.1, -0.05) is 5.16 Å². The molecule has 66 valence electrons. The lowest BCUT2D eigenvalue weighted by atomic mass is 10.5. The first-order valence-corrected chi connectivity index (χ1v) is 4.25. The van der Waals surface area contributed by atoms with Crippen molar-refractivity contribution in [2.75, 3.05) is 7.05 Å². The van der Waals surface area contributed by atoms with Gasteiger partial charge in [0.1, 0.15) is 0 Å². The Morgan fingerprint density at radius 2 is 2.33 bits per heavy atom. The Balaban J connectivity index is 1.93. The normalized spacial score (nSPS) is 17.2. The summed E-state index contributed by atoms with van der Waals surface area (Å²) in [5, 5.41) is 3.84. The molecule has 0 N–H and O–H groups in total. The zero-order valence-corrected chi connectivity index (χ0v) is 7.45. The molecule has 1 aliphatic carbocycles. The second kappa shape index (κ2) is 2.86. The summed E-state index contributed by atoms with van der Waals surface area (Å²) in [7, 11) is 2.10. The molecule has 1 saturated carbocycles. The Kier molecular flexibility index (Phi) is 1.84. The molecule has 0 aromatic carbocycles. The number of rotatable bonds is 3. The Hall–Kier alpha value is -0.900. The molecule has 0 bridgehead atoms. The smallest absolute Gasteiger partial charge is 0.223 e. The maximum absolute atomic E-state index is 4.88. The Bertz CT molecular complexity index is 267. The second-order valence-electron chi connectivity index (χ2n) is 3.38. The topological polar surface area (TPSA) is 42.2 Å². The van der Waals surface area contributed by atoms with Crippen LogP contribution in [0.2, 0.25) is 0 Å². The van der Waals surface area contributed by atoms with E-state index in [4.69, 9.17) is 4.52 Å². The lowest BCUT2D eigenvalue weighted by molar-refractivity contribution is 0.298. The largest absolute Gasteiger partial charge is 0.340 e. The van der Waals surface area contributed by atoms with Gasteiger partial charge in [-0.3, -0.25) is 4.90 Å². The molecule has 0 spiro atoms. The van der Waals surface area contributed by atoms with Gasteiger partial charge < -0.3 is 4.52 Å². The first-order valence-electron chi connectivity index (χ1n) is 4.25. The predicted molar refractivity (Wildman–Crippen MR) is 43.5 cm³/mol. The van der Waals surface area contributed by atoms with Crippen LogP contribution in [-0.4, -0.2) is 28.1 Å². The highest BCUT2D eigenvalue weighted by Crippen LogP contribution is 2.26. The zero-order chi connectivity index (χ0) is 8.55. The fourth-order valence-corrected chi connectivity index (χ4v) is 1.27. The second-order valence-corrected chi connectivity index (χ2v) is 3.38. The molecule has 1 fully saturated rings. The number of aryl methyl sites for hydroxylation is 1. The van der Waals surface area contributed by atoms with Gasteiger partial charge >= 0.3 is 0 Å². The van der Waals surface area contributed by atoms with Crippen LogP contribution in [0.5, 0.6) is 0 Å². The minimum absolute atomic E-state index is 0.647. The molecule has 0 saturated heterocycles. The van der Waals surface area contributed by atoms with Crippen molar-refractivity contribution in [3.8, 4) is 0 Å². The summed E-state index contributed by atoms with van der Waals surface area (Å²) in [6, 6.07) is 0.754. The molecule has 0 amide bonds. The van der Waals surface area contributed by atoms with Gasteiger partial charge in [0.15, 0.2) is 5.82 Å². The molecule has 4 nitrogen and oxygen atoms in total. The average molecular weight is 167 g/mol. The lowest BCUT2D eigenvalue weighted by Crippen LogP contribution is -2.20. The van der Waals surface area contributed by atoms with E-state index in [2.05, 4.69) is 22.1 Å². The van der Waals surface area contributed by atoms with Crippen LogP contribution < -0.4 is 0 Å². The minimum Gasteiger partial charge on any atom is -0.340 e. The fourth-order valence-electron chi connectivity index (χ4n) is 1.27. The summed E-state index contributed by atoms with van der Waals surface area (Å²) in [6.45, 7) is 2.62. The molecule has 0 aliphatic heterocycles. The van der Waals surface area contributed by atoms with E-state index in [9.17, 15) is 0 Å². The van der Waals surface area contributed by atoms with Crippen molar-refractivity contribution in [1.82, 2.24) is 15.0 Å². The predicted octanol–water partition coefficient (Wildman–Crippen LogP) is 0.972. The van der Waals surface area contributed by atoms with Gasteiger partial charge in [-0.2, -0.15) is 4.98 Å². The van der Waals surface area contributed by atoms with Gasteiger partial charge in [-0.05, 0) is 19.9 Å². The van der Waals surface area contributed by atoms with E-state index in [0.29, 0.717) is 5.89 Å². The molecule has 2 rings (SSSR count). The maximum Gasteiger partial charge on any atom is 0.223 e. The van der Waals surface area contributed by atoms with Crippen molar-refractivity contribution >= 4 is 0 Å². The highest BCUT2D eigenvalue weighted by Gasteiger charge is 2.26. The third-order valence-electron chi connectivity index (χ3n) is 2.13. The summed E-state index contributed by atoms with van der Waals surface area (Å²) in [5.41, 5.74) is 0. The molecule has 1 heterocycles. The number of nitrogens with zero attached hydrogens (tertiary/aromatic N) is 3. The summed E-state index contributed by atoms with van der Waals surface area (Å²) in [5.74, 6) is 1.44. The van der Waals surface area contributed by atoms with Gasteiger partial charge in [0, 0.05) is 13.0 Å². The third kappa shape index (κ3) is 1.64. The monoisotopic (exact) mass is 167 g/mol. The van der Waals surface area contributed by atoms with E-state index in [1.807, 2.05) is 6.92 Å². The van der Waals surface area contributed by atoms with Gasteiger partial charge in [0.05, 0.1) is 6.54 Å². The number of hydrogen-bond donors (Lipinski definition) is 0. The van der Waals surface area contributed by atoms with Crippen LogP contribution in [0.4, 0.5) is 0 Å². The number of hydrogen-bond acceptors (Lipinski definition) is 4. The van der Waals surface area contributed by atoms with Crippen LogP contribution >= 0.6 is 0 Å². The van der Waals surface area contributed by atoms with Crippen molar-refractivity contribution in [3.05, 3.63) is 11.7 Å². The van der Waals surface area contributed by atoms with E-state index >= 15 is 0 Å². The molecule has 1 aliphatic rings. The van der Waals surface area contributed by atoms with Crippen molar-refractivity contribution in [2.45, 2.75) is 32.4 Å². The molecular weight excluding hydrogens is 154 g/mol. The minimum atomic E-state index is 0.647. The fraction of sp³-hybridized carbons (Fsp3) is 0.750. The molecule has 0 radical (unpaired) electrons. The maximum atomic E-state index is 4.88. The SMILES string of the molecule is Cc1nc(CN(C)C2CC2)no1. The quantitative estimate of drug-likeness (QED) is 0.672. The standard InChI is InChI=1S/C8H13N3O/c1-6-9-8(10-12-6)5-11(2)7-3-4-7/h7H,3-5H2,1-2H3. The highest BCUT2D eigenvalue weighted by molar-refractivity contribution is 4.88. The summed E-state index contributed by atoms with van der Waals surface area (Å²) >= 11 is 0. The van der Waals surface area contributed by atoms with Gasteiger partial charge in [0.25, 0.3) is 0 Å². The summed E-state index contributed by atoms with van der Waals surface area (Å²) in [4.78, 5) is 6.41. The van der Waals surface area contributed by atoms with Crippen molar-refractivity contribution in [1.29, 1.82) is 0 Å². The molecule has 0 atom stereocenters. The van der Waals surface area contributed by atoms with E-state index < -0.39 is 0 Å².